The zero-order chi connectivity index (χ0) is 14.5. The maximum absolute atomic E-state index is 11.5. The molecule has 2 nitrogen and oxygen atoms in total. The third kappa shape index (κ3) is 4.04. The van der Waals surface area contributed by atoms with Gasteiger partial charge in [0, 0.05) is 6.54 Å². The molecule has 22 heavy (non-hydrogen) atoms. The summed E-state index contributed by atoms with van der Waals surface area (Å²) in [6, 6.07) is 10.4. The molecule has 3 rings (SSSR count). The quantitative estimate of drug-likeness (QED) is 0.870. The minimum Gasteiger partial charge on any atom is -0.385 e. The maximum Gasteiger partial charge on any atom is 0.0936 e. The molecule has 0 radical (unpaired) electrons. The summed E-state index contributed by atoms with van der Waals surface area (Å²) in [7, 11) is 0. The number of nitrogens with zero attached hydrogens (tertiary/aromatic N) is 1. The Kier molecular flexibility index (Phi) is 6.73. The lowest BCUT2D eigenvalue weighted by Crippen LogP contribution is -2.39. The Bertz CT molecular complexity index is 426. The summed E-state index contributed by atoms with van der Waals surface area (Å²) in [5.41, 5.74) is 0.515. The molecule has 2 fully saturated rings. The molecule has 124 valence electrons. The van der Waals surface area contributed by atoms with Crippen LogP contribution in [0, 0.1) is 5.92 Å². The summed E-state index contributed by atoms with van der Waals surface area (Å²) in [4.78, 5) is 2.52. The first-order valence-electron chi connectivity index (χ1n) is 8.79. The van der Waals surface area contributed by atoms with Crippen molar-refractivity contribution in [3.8, 4) is 0 Å². The normalized spacial score (nSPS) is 23.0. The molecule has 1 aliphatic carbocycles. The minimum atomic E-state index is -0.621. The van der Waals surface area contributed by atoms with E-state index >= 15 is 0 Å². The number of hydrogen-bond donors (Lipinski definition) is 1. The Hall–Kier alpha value is -0.570. The Morgan fingerprint density at radius 3 is 2.23 bits per heavy atom. The predicted molar refractivity (Wildman–Crippen MR) is 94.5 cm³/mol. The number of rotatable bonds is 5. The van der Waals surface area contributed by atoms with Crippen LogP contribution in [0.1, 0.15) is 56.9 Å². The average Bonchev–Trinajstić information content (AvgIpc) is 3.08. The second-order valence-electron chi connectivity index (χ2n) is 6.92. The molecule has 1 saturated heterocycles. The maximum atomic E-state index is 11.5. The second kappa shape index (κ2) is 8.33. The third-order valence-electron chi connectivity index (χ3n) is 5.56. The van der Waals surface area contributed by atoms with Crippen LogP contribution < -0.4 is 0 Å². The average molecular weight is 324 g/mol. The smallest absolute Gasteiger partial charge is 0.0936 e. The van der Waals surface area contributed by atoms with Crippen LogP contribution in [-0.4, -0.2) is 29.6 Å². The van der Waals surface area contributed by atoms with Gasteiger partial charge in [-0.25, -0.2) is 0 Å². The van der Waals surface area contributed by atoms with Gasteiger partial charge in [0.15, 0.2) is 0 Å². The highest BCUT2D eigenvalue weighted by Gasteiger charge is 2.38. The van der Waals surface area contributed by atoms with Gasteiger partial charge in [0.2, 0.25) is 0 Å². The topological polar surface area (TPSA) is 23.5 Å². The molecule has 2 aliphatic rings. The van der Waals surface area contributed by atoms with Crippen LogP contribution in [0.2, 0.25) is 0 Å². The van der Waals surface area contributed by atoms with Crippen LogP contribution in [-0.2, 0) is 5.60 Å². The summed E-state index contributed by atoms with van der Waals surface area (Å²) in [6.45, 7) is 3.48. The van der Waals surface area contributed by atoms with Crippen LogP contribution in [0.25, 0.3) is 0 Å². The zero-order valence-corrected chi connectivity index (χ0v) is 14.4. The van der Waals surface area contributed by atoms with Crippen LogP contribution in [0.4, 0.5) is 0 Å². The first-order valence-corrected chi connectivity index (χ1v) is 8.79. The van der Waals surface area contributed by atoms with Gasteiger partial charge in [-0.15, -0.1) is 12.4 Å². The molecule has 1 aliphatic heterocycles. The number of hydrogen-bond acceptors (Lipinski definition) is 2. The van der Waals surface area contributed by atoms with Gasteiger partial charge in [-0.05, 0) is 56.7 Å². The van der Waals surface area contributed by atoms with E-state index in [4.69, 9.17) is 0 Å². The predicted octanol–water partition coefficient (Wildman–Crippen LogP) is 4.36. The fourth-order valence-electron chi connectivity index (χ4n) is 4.23. The summed E-state index contributed by atoms with van der Waals surface area (Å²) in [5.74, 6) is 0.441. The fourth-order valence-corrected chi connectivity index (χ4v) is 4.23. The first kappa shape index (κ1) is 17.8. The van der Waals surface area contributed by atoms with Crippen molar-refractivity contribution in [1.29, 1.82) is 0 Å². The van der Waals surface area contributed by atoms with E-state index in [2.05, 4.69) is 29.2 Å². The second-order valence-corrected chi connectivity index (χ2v) is 6.92. The van der Waals surface area contributed by atoms with E-state index in [1.807, 2.05) is 6.07 Å². The van der Waals surface area contributed by atoms with Gasteiger partial charge in [0.25, 0.3) is 0 Å². The monoisotopic (exact) mass is 323 g/mol. The van der Waals surface area contributed by atoms with E-state index < -0.39 is 5.60 Å². The number of likely N-dealkylation sites (tertiary alicyclic amines) is 1. The van der Waals surface area contributed by atoms with E-state index in [9.17, 15) is 5.11 Å². The van der Waals surface area contributed by atoms with Gasteiger partial charge in [-0.2, -0.15) is 0 Å². The van der Waals surface area contributed by atoms with Crippen LogP contribution in [0.15, 0.2) is 30.3 Å². The molecule has 0 aromatic heterocycles. The van der Waals surface area contributed by atoms with Crippen LogP contribution >= 0.6 is 12.4 Å². The molecule has 3 heteroatoms. The molecule has 1 atom stereocenters. The van der Waals surface area contributed by atoms with Crippen molar-refractivity contribution in [2.45, 2.75) is 57.0 Å². The lowest BCUT2D eigenvalue weighted by Gasteiger charge is -2.40. The molecule has 1 heterocycles. The van der Waals surface area contributed by atoms with Gasteiger partial charge in [0.05, 0.1) is 5.60 Å². The molecular weight excluding hydrogens is 294 g/mol. The standard InChI is InChI=1S/C19H29NO.ClH/c21-19(17-9-3-1-4-10-17,18-11-5-2-6-12-18)13-16-20-14-7-8-15-20;/h1,3-4,9-10,18,21H,2,5-8,11-16H2;1H/t19-;/m0./s1. The first-order chi connectivity index (χ1) is 10.3. The molecule has 0 spiro atoms. The number of aliphatic hydroxyl groups is 1. The van der Waals surface area contributed by atoms with E-state index in [1.165, 1.54) is 58.0 Å². The molecule has 1 aromatic carbocycles. The summed E-state index contributed by atoms with van der Waals surface area (Å²) in [6.07, 6.45) is 9.82. The number of halogens is 1. The van der Waals surface area contributed by atoms with Gasteiger partial charge in [-0.3, -0.25) is 0 Å². The SMILES string of the molecule is Cl.O[C@@](CCN1CCCC1)(c1ccccc1)C1CCCCC1. The Balaban J connectivity index is 0.00000176. The van der Waals surface area contributed by atoms with Crippen molar-refractivity contribution in [3.63, 3.8) is 0 Å². The van der Waals surface area contributed by atoms with E-state index in [0.717, 1.165) is 18.5 Å². The van der Waals surface area contributed by atoms with E-state index in [0.29, 0.717) is 5.92 Å². The fraction of sp³-hybridized carbons (Fsp3) is 0.684. The van der Waals surface area contributed by atoms with Crippen molar-refractivity contribution >= 4 is 12.4 Å². The largest absolute Gasteiger partial charge is 0.385 e. The van der Waals surface area contributed by atoms with Gasteiger partial charge >= 0.3 is 0 Å². The molecule has 0 unspecified atom stereocenters. The lowest BCUT2D eigenvalue weighted by molar-refractivity contribution is -0.0510. The highest BCUT2D eigenvalue weighted by molar-refractivity contribution is 5.85. The Morgan fingerprint density at radius 1 is 0.955 bits per heavy atom. The third-order valence-corrected chi connectivity index (χ3v) is 5.56. The summed E-state index contributed by atoms with van der Waals surface area (Å²) >= 11 is 0. The van der Waals surface area contributed by atoms with Crippen LogP contribution in [0.3, 0.4) is 0 Å². The summed E-state index contributed by atoms with van der Waals surface area (Å²) < 4.78 is 0. The van der Waals surface area contributed by atoms with Crippen molar-refractivity contribution in [2.75, 3.05) is 19.6 Å². The van der Waals surface area contributed by atoms with Crippen molar-refractivity contribution < 1.29 is 5.11 Å². The molecule has 0 bridgehead atoms. The molecule has 1 N–H and O–H groups in total. The van der Waals surface area contributed by atoms with E-state index in [-0.39, 0.29) is 12.4 Å². The molecule has 1 aromatic rings. The van der Waals surface area contributed by atoms with Gasteiger partial charge in [0.1, 0.15) is 0 Å². The Labute approximate surface area is 141 Å². The Morgan fingerprint density at radius 2 is 1.59 bits per heavy atom. The zero-order valence-electron chi connectivity index (χ0n) is 13.5. The van der Waals surface area contributed by atoms with Gasteiger partial charge in [-0.1, -0.05) is 49.6 Å². The van der Waals surface area contributed by atoms with Crippen molar-refractivity contribution in [1.82, 2.24) is 4.90 Å². The molecule has 1 saturated carbocycles. The van der Waals surface area contributed by atoms with Crippen molar-refractivity contribution in [3.05, 3.63) is 35.9 Å². The van der Waals surface area contributed by atoms with Crippen LogP contribution in [0.5, 0.6) is 0 Å². The highest BCUT2D eigenvalue weighted by atomic mass is 35.5. The molecular formula is C19H30ClNO. The highest BCUT2D eigenvalue weighted by Crippen LogP contribution is 2.41. The number of benzene rings is 1. The lowest BCUT2D eigenvalue weighted by atomic mass is 9.71. The molecule has 0 amide bonds. The van der Waals surface area contributed by atoms with Crippen molar-refractivity contribution in [2.24, 2.45) is 5.92 Å². The summed E-state index contributed by atoms with van der Waals surface area (Å²) in [5, 5.41) is 11.5. The van der Waals surface area contributed by atoms with Gasteiger partial charge < -0.3 is 10.0 Å². The van der Waals surface area contributed by atoms with E-state index in [1.54, 1.807) is 0 Å². The minimum absolute atomic E-state index is 0.